The number of carboxylic acid groups (broad SMARTS) is 1. The maximum atomic E-state index is 16.2. The van der Waals surface area contributed by atoms with Gasteiger partial charge in [-0.05, 0) is 37.1 Å². The molecule has 7 nitrogen and oxygen atoms in total. The highest BCUT2D eigenvalue weighted by molar-refractivity contribution is 6.00. The van der Waals surface area contributed by atoms with E-state index in [0.29, 0.717) is 27.8 Å². The lowest BCUT2D eigenvalue weighted by Crippen LogP contribution is -2.34. The molecule has 0 unspecified atom stereocenters. The summed E-state index contributed by atoms with van der Waals surface area (Å²) in [6, 6.07) is 5.25. The third-order valence-electron chi connectivity index (χ3n) is 7.05. The molecule has 36 heavy (non-hydrogen) atoms. The molecule has 0 radical (unpaired) electrons. The molecule has 0 amide bonds. The first kappa shape index (κ1) is 24.3. The van der Waals surface area contributed by atoms with Crippen LogP contribution in [0, 0.1) is 17.5 Å². The van der Waals surface area contributed by atoms with Gasteiger partial charge in [-0.2, -0.15) is 5.10 Å². The fraction of sp³-hybridized carbons (Fsp3) is 0.385. The van der Waals surface area contributed by atoms with E-state index in [1.807, 2.05) is 13.8 Å². The third kappa shape index (κ3) is 3.58. The number of benzene rings is 2. The van der Waals surface area contributed by atoms with Crippen LogP contribution in [0.5, 0.6) is 0 Å². The van der Waals surface area contributed by atoms with Gasteiger partial charge in [-0.25, -0.2) is 18.0 Å². The topological polar surface area (TPSA) is 89.4 Å². The van der Waals surface area contributed by atoms with E-state index in [2.05, 4.69) is 10.2 Å². The number of aromatic nitrogens is 3. The lowest BCUT2D eigenvalue weighted by atomic mass is 9.80. The fourth-order valence-corrected chi connectivity index (χ4v) is 5.42. The number of nitrogens with zero attached hydrogens (tertiary/aromatic N) is 2. The van der Waals surface area contributed by atoms with E-state index in [9.17, 15) is 18.7 Å². The predicted molar refractivity (Wildman–Crippen MR) is 127 cm³/mol. The zero-order chi connectivity index (χ0) is 26.0. The smallest absolute Gasteiger partial charge is 0.335 e. The van der Waals surface area contributed by atoms with E-state index in [1.165, 1.54) is 19.2 Å². The lowest BCUT2D eigenvalue weighted by Gasteiger charge is -2.29. The van der Waals surface area contributed by atoms with E-state index < -0.39 is 40.4 Å². The average molecular weight is 502 g/mol. The molecule has 3 heterocycles. The van der Waals surface area contributed by atoms with Crippen LogP contribution in [-0.2, 0) is 19.7 Å². The number of fused-ring (bicyclic) bond motifs is 2. The summed E-state index contributed by atoms with van der Waals surface area (Å²) in [7, 11) is 1.54. The molecule has 4 aromatic rings. The molecule has 0 aliphatic carbocycles. The molecular weight excluding hydrogens is 475 g/mol. The lowest BCUT2D eigenvalue weighted by molar-refractivity contribution is -0.157. The van der Waals surface area contributed by atoms with Crippen molar-refractivity contribution in [1.29, 1.82) is 0 Å². The minimum atomic E-state index is -1.45. The highest BCUT2D eigenvalue weighted by Crippen LogP contribution is 2.48. The van der Waals surface area contributed by atoms with Gasteiger partial charge in [0.25, 0.3) is 0 Å². The summed E-state index contributed by atoms with van der Waals surface area (Å²) in [5, 5.41) is 17.2. The predicted octanol–water partition coefficient (Wildman–Crippen LogP) is 5.20. The number of halogens is 3. The Kier molecular flexibility index (Phi) is 5.64. The molecule has 190 valence electrons. The Hall–Kier alpha value is -3.37. The number of rotatable bonds is 6. The summed E-state index contributed by atoms with van der Waals surface area (Å²) in [6.45, 7) is 5.58. The van der Waals surface area contributed by atoms with E-state index in [-0.39, 0.29) is 30.5 Å². The minimum absolute atomic E-state index is 0.0518. The number of nitrogens with one attached hydrogen (secondary N) is 1. The Bertz CT molecular complexity index is 1510. The highest BCUT2D eigenvalue weighted by atomic mass is 19.2. The maximum absolute atomic E-state index is 16.2. The van der Waals surface area contributed by atoms with Crippen LogP contribution < -0.4 is 0 Å². The van der Waals surface area contributed by atoms with Crippen molar-refractivity contribution in [1.82, 2.24) is 14.8 Å². The zero-order valence-corrected chi connectivity index (χ0v) is 20.3. The van der Waals surface area contributed by atoms with Crippen molar-refractivity contribution in [3.05, 3.63) is 59.2 Å². The van der Waals surface area contributed by atoms with Gasteiger partial charge in [-0.3, -0.25) is 5.10 Å². The van der Waals surface area contributed by atoms with Crippen LogP contribution in [0.4, 0.5) is 13.2 Å². The molecule has 2 aromatic carbocycles. The second-order valence-corrected chi connectivity index (χ2v) is 10.2. The molecule has 0 bridgehead atoms. The van der Waals surface area contributed by atoms with Gasteiger partial charge in [0.05, 0.1) is 24.9 Å². The number of carbonyl (C=O) groups is 1. The summed E-state index contributed by atoms with van der Waals surface area (Å²) < 4.78 is 57.4. The van der Waals surface area contributed by atoms with Crippen molar-refractivity contribution in [2.45, 2.75) is 44.1 Å². The van der Waals surface area contributed by atoms with Crippen molar-refractivity contribution in [3.8, 4) is 5.69 Å². The first-order chi connectivity index (χ1) is 17.0. The fourth-order valence-electron chi connectivity index (χ4n) is 5.42. The number of carboxylic acids is 1. The quantitative estimate of drug-likeness (QED) is 0.379. The van der Waals surface area contributed by atoms with Gasteiger partial charge in [0, 0.05) is 46.7 Å². The summed E-state index contributed by atoms with van der Waals surface area (Å²) in [4.78, 5) is 11.9. The van der Waals surface area contributed by atoms with Gasteiger partial charge < -0.3 is 19.1 Å². The first-order valence-corrected chi connectivity index (χ1v) is 11.5. The molecule has 5 rings (SSSR count). The van der Waals surface area contributed by atoms with Crippen LogP contribution >= 0.6 is 0 Å². The second kappa shape index (κ2) is 8.35. The Balaban J connectivity index is 1.93. The Labute approximate surface area is 204 Å². The number of hydrogen-bond donors (Lipinski definition) is 2. The van der Waals surface area contributed by atoms with Gasteiger partial charge >= 0.3 is 5.97 Å². The van der Waals surface area contributed by atoms with E-state index in [4.69, 9.17) is 9.47 Å². The number of aromatic amines is 1. The number of hydrogen-bond acceptors (Lipinski definition) is 4. The van der Waals surface area contributed by atoms with Crippen molar-refractivity contribution in [3.63, 3.8) is 0 Å². The van der Waals surface area contributed by atoms with Gasteiger partial charge in [0.2, 0.25) is 0 Å². The van der Waals surface area contributed by atoms with Crippen LogP contribution in [0.25, 0.3) is 27.5 Å². The molecule has 2 N–H and O–H groups in total. The van der Waals surface area contributed by atoms with E-state index in [1.54, 1.807) is 17.7 Å². The number of methoxy groups -OCH3 is 1. The van der Waals surface area contributed by atoms with Crippen LogP contribution in [0.1, 0.15) is 44.4 Å². The van der Waals surface area contributed by atoms with Crippen molar-refractivity contribution >= 4 is 27.8 Å². The van der Waals surface area contributed by atoms with E-state index >= 15 is 4.39 Å². The van der Waals surface area contributed by atoms with Gasteiger partial charge in [-0.15, -0.1) is 0 Å². The Morgan fingerprint density at radius 3 is 2.69 bits per heavy atom. The molecular formula is C26H26F3N3O4. The van der Waals surface area contributed by atoms with Crippen LogP contribution in [0.2, 0.25) is 0 Å². The molecule has 1 aliphatic heterocycles. The van der Waals surface area contributed by atoms with Crippen LogP contribution in [-0.4, -0.2) is 51.8 Å². The van der Waals surface area contributed by atoms with Crippen molar-refractivity contribution in [2.75, 3.05) is 20.3 Å². The van der Waals surface area contributed by atoms with Crippen LogP contribution in [0.3, 0.4) is 0 Å². The average Bonchev–Trinajstić information content (AvgIpc) is 3.52. The monoisotopic (exact) mass is 501 g/mol. The molecule has 0 spiro atoms. The third-order valence-corrected chi connectivity index (χ3v) is 7.05. The van der Waals surface area contributed by atoms with Crippen molar-refractivity contribution < 1.29 is 32.5 Å². The largest absolute Gasteiger partial charge is 0.479 e. The molecule has 0 saturated carbocycles. The normalized spacial score (nSPS) is 20.6. The number of aliphatic carboxylic acids is 1. The Morgan fingerprint density at radius 2 is 2.06 bits per heavy atom. The minimum Gasteiger partial charge on any atom is -0.479 e. The maximum Gasteiger partial charge on any atom is 0.335 e. The molecule has 1 fully saturated rings. The zero-order valence-electron chi connectivity index (χ0n) is 20.3. The Morgan fingerprint density at radius 1 is 1.31 bits per heavy atom. The van der Waals surface area contributed by atoms with Gasteiger partial charge in [0.1, 0.15) is 5.52 Å². The van der Waals surface area contributed by atoms with Crippen molar-refractivity contribution in [2.24, 2.45) is 0 Å². The molecule has 1 saturated heterocycles. The standard InChI is InChI=1S/C26H26F3N3O4/c1-25(2,12-35-4)23-19(14-9-26(3,24(33)34)36-11-14)20-18(7-13-10-30-31-22(13)21(20)29)32(23)15-5-6-16(27)17(28)8-15/h5-8,10,14H,9,11-12H2,1-4H3,(H,30,31)(H,33,34)/t14-,26+/m1/s1. The van der Waals surface area contributed by atoms with E-state index in [0.717, 1.165) is 12.1 Å². The van der Waals surface area contributed by atoms with Gasteiger partial charge in [-0.1, -0.05) is 13.8 Å². The van der Waals surface area contributed by atoms with Gasteiger partial charge in [0.15, 0.2) is 23.1 Å². The summed E-state index contributed by atoms with van der Waals surface area (Å²) in [5.74, 6) is -4.20. The molecule has 2 aromatic heterocycles. The second-order valence-electron chi connectivity index (χ2n) is 10.2. The summed E-state index contributed by atoms with van der Waals surface area (Å²) >= 11 is 0. The van der Waals surface area contributed by atoms with Crippen LogP contribution in [0.15, 0.2) is 30.5 Å². The SMILES string of the molecule is COCC(C)(C)c1c([C@H]2CO[C@](C)(C(=O)O)C2)c2c(F)c3[nH]ncc3cc2n1-c1ccc(F)c(F)c1. The molecule has 2 atom stereocenters. The molecule has 10 heteroatoms. The first-order valence-electron chi connectivity index (χ1n) is 11.5. The summed E-state index contributed by atoms with van der Waals surface area (Å²) in [6.07, 6.45) is 1.59. The number of ether oxygens (including phenoxy) is 2. The summed E-state index contributed by atoms with van der Waals surface area (Å²) in [5.41, 5.74) is -0.115. The molecule has 1 aliphatic rings. The number of H-pyrrole nitrogens is 1. The highest BCUT2D eigenvalue weighted by Gasteiger charge is 2.46.